The molecule has 0 saturated carbocycles. The van der Waals surface area contributed by atoms with Crippen molar-refractivity contribution in [2.24, 2.45) is 0 Å². The van der Waals surface area contributed by atoms with Gasteiger partial charge in [-0.2, -0.15) is 0 Å². The molecule has 0 spiro atoms. The number of anilines is 1. The fourth-order valence-corrected chi connectivity index (χ4v) is 3.10. The Hall–Kier alpha value is -2.21. The highest BCUT2D eigenvalue weighted by Crippen LogP contribution is 2.38. The molecule has 0 saturated heterocycles. The second-order valence-electron chi connectivity index (χ2n) is 5.79. The molecule has 0 aliphatic carbocycles. The summed E-state index contributed by atoms with van der Waals surface area (Å²) in [5, 5.41) is 2.85. The second kappa shape index (κ2) is 7.78. The summed E-state index contributed by atoms with van der Waals surface area (Å²) in [6.07, 6.45) is 0.976. The molecular weight excluding hydrogens is 386 g/mol. The molecule has 1 aliphatic heterocycles. The molecule has 6 heteroatoms. The molecule has 1 unspecified atom stereocenters. The third kappa shape index (κ3) is 4.25. The van der Waals surface area contributed by atoms with Crippen LogP contribution in [0.25, 0.3) is 0 Å². The SMILES string of the molecule is CCOc1cc2c(cc1NC(=O)COc1ccccc1Br)OC(C)C2. The van der Waals surface area contributed by atoms with Gasteiger partial charge >= 0.3 is 0 Å². The van der Waals surface area contributed by atoms with E-state index < -0.39 is 0 Å². The summed E-state index contributed by atoms with van der Waals surface area (Å²) in [6, 6.07) is 11.2. The molecule has 1 aliphatic rings. The summed E-state index contributed by atoms with van der Waals surface area (Å²) in [4.78, 5) is 12.3. The summed E-state index contributed by atoms with van der Waals surface area (Å²) in [6.45, 7) is 4.35. The highest BCUT2D eigenvalue weighted by Gasteiger charge is 2.22. The van der Waals surface area contributed by atoms with Gasteiger partial charge in [0.05, 0.1) is 16.8 Å². The number of hydrogen-bond donors (Lipinski definition) is 1. The predicted octanol–water partition coefficient (Wildman–Crippen LogP) is 4.19. The molecule has 1 N–H and O–H groups in total. The Kier molecular flexibility index (Phi) is 5.48. The summed E-state index contributed by atoms with van der Waals surface area (Å²) in [7, 11) is 0. The van der Waals surface area contributed by atoms with Gasteiger partial charge in [0, 0.05) is 18.1 Å². The molecule has 0 radical (unpaired) electrons. The van der Waals surface area contributed by atoms with Crippen LogP contribution in [0, 0.1) is 0 Å². The summed E-state index contributed by atoms with van der Waals surface area (Å²) >= 11 is 3.39. The first-order chi connectivity index (χ1) is 12.1. The van der Waals surface area contributed by atoms with E-state index in [1.165, 1.54) is 0 Å². The zero-order chi connectivity index (χ0) is 17.8. The molecule has 0 aromatic heterocycles. The van der Waals surface area contributed by atoms with Gasteiger partial charge in [0.25, 0.3) is 5.91 Å². The van der Waals surface area contributed by atoms with Crippen LogP contribution in [0.1, 0.15) is 19.4 Å². The van der Waals surface area contributed by atoms with Crippen molar-refractivity contribution in [3.05, 3.63) is 46.4 Å². The molecule has 132 valence electrons. The molecule has 0 fully saturated rings. The fourth-order valence-electron chi connectivity index (χ4n) is 2.70. The zero-order valence-corrected chi connectivity index (χ0v) is 15.8. The van der Waals surface area contributed by atoms with Crippen LogP contribution in [0.5, 0.6) is 17.2 Å². The van der Waals surface area contributed by atoms with Crippen LogP contribution in [0.4, 0.5) is 5.69 Å². The number of ether oxygens (including phenoxy) is 3. The van der Waals surface area contributed by atoms with Crippen molar-refractivity contribution in [2.75, 3.05) is 18.5 Å². The molecule has 2 aromatic rings. The van der Waals surface area contributed by atoms with E-state index in [1.807, 2.05) is 44.2 Å². The van der Waals surface area contributed by atoms with E-state index in [-0.39, 0.29) is 18.6 Å². The van der Waals surface area contributed by atoms with Crippen molar-refractivity contribution in [1.29, 1.82) is 0 Å². The van der Waals surface area contributed by atoms with E-state index in [0.717, 1.165) is 22.2 Å². The summed E-state index contributed by atoms with van der Waals surface area (Å²) in [5.41, 5.74) is 1.69. The van der Waals surface area contributed by atoms with E-state index >= 15 is 0 Å². The minimum atomic E-state index is -0.261. The molecule has 1 heterocycles. The smallest absolute Gasteiger partial charge is 0.262 e. The molecule has 1 amide bonds. The van der Waals surface area contributed by atoms with Crippen molar-refractivity contribution in [3.8, 4) is 17.2 Å². The molecule has 25 heavy (non-hydrogen) atoms. The van der Waals surface area contributed by atoms with Crippen LogP contribution < -0.4 is 19.5 Å². The minimum Gasteiger partial charge on any atom is -0.492 e. The van der Waals surface area contributed by atoms with Gasteiger partial charge in [-0.3, -0.25) is 4.79 Å². The molecule has 0 bridgehead atoms. The van der Waals surface area contributed by atoms with Crippen LogP contribution in [0.15, 0.2) is 40.9 Å². The number of rotatable bonds is 6. The number of nitrogens with one attached hydrogen (secondary N) is 1. The van der Waals surface area contributed by atoms with Gasteiger partial charge in [-0.1, -0.05) is 12.1 Å². The van der Waals surface area contributed by atoms with Crippen molar-refractivity contribution >= 4 is 27.5 Å². The lowest BCUT2D eigenvalue weighted by Gasteiger charge is -2.14. The average Bonchev–Trinajstić information content (AvgIpc) is 2.93. The Morgan fingerprint density at radius 3 is 2.84 bits per heavy atom. The van der Waals surface area contributed by atoms with Crippen LogP contribution in [0.2, 0.25) is 0 Å². The standard InChI is InChI=1S/C19H20BrNO4/c1-3-23-18-9-13-8-12(2)25-17(13)10-15(18)21-19(22)11-24-16-7-5-4-6-14(16)20/h4-7,9-10,12H,3,8,11H2,1-2H3,(H,21,22). The van der Waals surface area contributed by atoms with Crippen LogP contribution >= 0.6 is 15.9 Å². The number of carbonyl (C=O) groups excluding carboxylic acids is 1. The first-order valence-corrected chi connectivity index (χ1v) is 8.99. The maximum atomic E-state index is 12.3. The number of para-hydroxylation sites is 1. The molecule has 2 aromatic carbocycles. The Morgan fingerprint density at radius 1 is 1.28 bits per heavy atom. The monoisotopic (exact) mass is 405 g/mol. The van der Waals surface area contributed by atoms with E-state index in [4.69, 9.17) is 14.2 Å². The quantitative estimate of drug-likeness (QED) is 0.782. The first-order valence-electron chi connectivity index (χ1n) is 8.20. The maximum absolute atomic E-state index is 12.3. The molecule has 3 rings (SSSR count). The Labute approximate surface area is 155 Å². The molecular formula is C19H20BrNO4. The Balaban J connectivity index is 1.70. The van der Waals surface area contributed by atoms with Gasteiger partial charge in [-0.05, 0) is 48.0 Å². The highest BCUT2D eigenvalue weighted by molar-refractivity contribution is 9.10. The van der Waals surface area contributed by atoms with Crippen LogP contribution in [-0.2, 0) is 11.2 Å². The minimum absolute atomic E-state index is 0.0947. The number of fused-ring (bicyclic) bond motifs is 1. The summed E-state index contributed by atoms with van der Waals surface area (Å²) < 4.78 is 17.8. The largest absolute Gasteiger partial charge is 0.492 e. The van der Waals surface area contributed by atoms with Crippen molar-refractivity contribution in [3.63, 3.8) is 0 Å². The van der Waals surface area contributed by atoms with Crippen LogP contribution in [0.3, 0.4) is 0 Å². The number of hydrogen-bond acceptors (Lipinski definition) is 4. The number of benzene rings is 2. The molecule has 1 atom stereocenters. The Morgan fingerprint density at radius 2 is 2.08 bits per heavy atom. The third-order valence-corrected chi connectivity index (χ3v) is 4.42. The highest BCUT2D eigenvalue weighted by atomic mass is 79.9. The van der Waals surface area contributed by atoms with Crippen molar-refractivity contribution in [2.45, 2.75) is 26.4 Å². The van der Waals surface area contributed by atoms with Crippen molar-refractivity contribution < 1.29 is 19.0 Å². The maximum Gasteiger partial charge on any atom is 0.262 e. The number of carbonyl (C=O) groups is 1. The summed E-state index contributed by atoms with van der Waals surface area (Å²) in [5.74, 6) is 1.79. The van der Waals surface area contributed by atoms with Gasteiger partial charge in [0.15, 0.2) is 6.61 Å². The predicted molar refractivity (Wildman–Crippen MR) is 99.7 cm³/mol. The number of halogens is 1. The zero-order valence-electron chi connectivity index (χ0n) is 14.2. The van der Waals surface area contributed by atoms with Gasteiger partial charge in [0.1, 0.15) is 23.4 Å². The lowest BCUT2D eigenvalue weighted by Crippen LogP contribution is -2.20. The van der Waals surface area contributed by atoms with Gasteiger partial charge in [-0.15, -0.1) is 0 Å². The lowest BCUT2D eigenvalue weighted by atomic mass is 10.1. The van der Waals surface area contributed by atoms with E-state index in [1.54, 1.807) is 6.07 Å². The van der Waals surface area contributed by atoms with E-state index in [9.17, 15) is 4.79 Å². The normalized spacial score (nSPS) is 15.2. The van der Waals surface area contributed by atoms with Crippen molar-refractivity contribution in [1.82, 2.24) is 0 Å². The molecule has 5 nitrogen and oxygen atoms in total. The topological polar surface area (TPSA) is 56.8 Å². The average molecular weight is 406 g/mol. The fraction of sp³-hybridized carbons (Fsp3) is 0.316. The van der Waals surface area contributed by atoms with Gasteiger partial charge < -0.3 is 19.5 Å². The lowest BCUT2D eigenvalue weighted by molar-refractivity contribution is -0.118. The van der Waals surface area contributed by atoms with Crippen LogP contribution in [-0.4, -0.2) is 25.2 Å². The third-order valence-electron chi connectivity index (χ3n) is 3.77. The van der Waals surface area contributed by atoms with Gasteiger partial charge in [0.2, 0.25) is 0 Å². The van der Waals surface area contributed by atoms with E-state index in [0.29, 0.717) is 23.8 Å². The number of amides is 1. The Bertz CT molecular complexity index is 778. The first kappa shape index (κ1) is 17.6. The van der Waals surface area contributed by atoms with Gasteiger partial charge in [-0.25, -0.2) is 0 Å². The second-order valence-corrected chi connectivity index (χ2v) is 6.64. The van der Waals surface area contributed by atoms with E-state index in [2.05, 4.69) is 21.2 Å².